The Balaban J connectivity index is 1.53. The van der Waals surface area contributed by atoms with Crippen LogP contribution in [-0.2, 0) is 6.42 Å². The highest BCUT2D eigenvalue weighted by Gasteiger charge is 2.41. The number of rotatable bonds is 6. The summed E-state index contributed by atoms with van der Waals surface area (Å²) in [6, 6.07) is 24.3. The maximum absolute atomic E-state index is 13.5. The minimum atomic E-state index is -0.200. The molecular weight excluding hydrogens is 478 g/mol. The van der Waals surface area contributed by atoms with Crippen molar-refractivity contribution in [2.24, 2.45) is 0 Å². The number of amides is 1. The van der Waals surface area contributed by atoms with E-state index in [1.165, 1.54) is 5.56 Å². The summed E-state index contributed by atoms with van der Waals surface area (Å²) in [5.74, 6) is 0.810. The number of nitrogens with zero attached hydrogens (tertiary/aromatic N) is 2. The average Bonchev–Trinajstić information content (AvgIpc) is 3.38. The van der Waals surface area contributed by atoms with E-state index in [0.717, 1.165) is 44.6 Å². The summed E-state index contributed by atoms with van der Waals surface area (Å²) >= 11 is 3.53. The number of H-pyrrole nitrogens is 1. The molecule has 1 amide bonds. The Labute approximate surface area is 201 Å². The van der Waals surface area contributed by atoms with Gasteiger partial charge < -0.3 is 9.64 Å². The topological polar surface area (TPSA) is 58.2 Å². The molecule has 1 aromatic heterocycles. The molecule has 0 bridgehead atoms. The maximum Gasteiger partial charge on any atom is 0.273 e. The second-order valence-corrected chi connectivity index (χ2v) is 9.19. The summed E-state index contributed by atoms with van der Waals surface area (Å²) in [5.41, 5.74) is 6.77. The molecule has 0 spiro atoms. The molecule has 0 radical (unpaired) electrons. The van der Waals surface area contributed by atoms with E-state index in [2.05, 4.69) is 69.4 Å². The lowest BCUT2D eigenvalue weighted by Crippen LogP contribution is -2.31. The lowest BCUT2D eigenvalue weighted by atomic mass is 9.95. The number of aromatic amines is 1. The number of nitrogens with one attached hydrogen (secondary N) is 1. The first-order valence-corrected chi connectivity index (χ1v) is 11.7. The van der Waals surface area contributed by atoms with E-state index >= 15 is 0 Å². The van der Waals surface area contributed by atoms with Gasteiger partial charge in [0, 0.05) is 22.1 Å². The van der Waals surface area contributed by atoms with Crippen LogP contribution < -0.4 is 4.74 Å². The molecule has 3 aromatic carbocycles. The average molecular weight is 502 g/mol. The monoisotopic (exact) mass is 501 g/mol. The standard InChI is InChI=1S/C27H24BrN3O2/c1-17-3-7-19(8-4-17)24-23-25(30-29-24)27(32)31(26(23)20-9-11-21(28)12-10-20)16-15-18-5-13-22(33-2)14-6-18/h3-14,26H,15-16H2,1-2H3,(H,29,30). The quantitative estimate of drug-likeness (QED) is 0.355. The molecule has 0 saturated heterocycles. The number of halogens is 1. The lowest BCUT2D eigenvalue weighted by Gasteiger charge is -2.26. The highest BCUT2D eigenvalue weighted by Crippen LogP contribution is 2.43. The van der Waals surface area contributed by atoms with E-state index in [0.29, 0.717) is 12.2 Å². The fraction of sp³-hybridized carbons (Fsp3) is 0.185. The van der Waals surface area contributed by atoms with Gasteiger partial charge in [0.05, 0.1) is 18.8 Å². The summed E-state index contributed by atoms with van der Waals surface area (Å²) in [6.07, 6.45) is 0.750. The molecule has 1 aliphatic heterocycles. The predicted octanol–water partition coefficient (Wildman–Crippen LogP) is 5.94. The number of benzene rings is 3. The van der Waals surface area contributed by atoms with Crippen molar-refractivity contribution in [3.8, 4) is 17.0 Å². The number of carbonyl (C=O) groups is 1. The van der Waals surface area contributed by atoms with Crippen LogP contribution in [0.1, 0.15) is 38.8 Å². The third-order valence-electron chi connectivity index (χ3n) is 6.17. The molecule has 4 aromatic rings. The molecular formula is C27H24BrN3O2. The van der Waals surface area contributed by atoms with Crippen LogP contribution in [0.2, 0.25) is 0 Å². The summed E-state index contributed by atoms with van der Waals surface area (Å²) < 4.78 is 6.27. The highest BCUT2D eigenvalue weighted by atomic mass is 79.9. The van der Waals surface area contributed by atoms with Crippen LogP contribution in [0, 0.1) is 6.92 Å². The second kappa shape index (κ2) is 8.87. The molecule has 6 heteroatoms. The third-order valence-corrected chi connectivity index (χ3v) is 6.70. The van der Waals surface area contributed by atoms with Gasteiger partial charge in [0.15, 0.2) is 0 Å². The van der Waals surface area contributed by atoms with Crippen LogP contribution in [-0.4, -0.2) is 34.7 Å². The zero-order valence-corrected chi connectivity index (χ0v) is 20.1. The van der Waals surface area contributed by atoms with E-state index in [1.807, 2.05) is 41.3 Å². The number of methoxy groups -OCH3 is 1. The first-order valence-electron chi connectivity index (χ1n) is 10.9. The Bertz CT molecular complexity index is 1280. The Kier molecular flexibility index (Phi) is 5.77. The normalized spacial score (nSPS) is 15.1. The van der Waals surface area contributed by atoms with Crippen molar-refractivity contribution in [2.45, 2.75) is 19.4 Å². The van der Waals surface area contributed by atoms with Gasteiger partial charge >= 0.3 is 0 Å². The maximum atomic E-state index is 13.5. The van der Waals surface area contributed by atoms with Crippen molar-refractivity contribution >= 4 is 21.8 Å². The number of ether oxygens (including phenoxy) is 1. The number of fused-ring (bicyclic) bond motifs is 1. The number of aromatic nitrogens is 2. The van der Waals surface area contributed by atoms with Crippen LogP contribution in [0.25, 0.3) is 11.3 Å². The van der Waals surface area contributed by atoms with E-state index in [4.69, 9.17) is 4.74 Å². The van der Waals surface area contributed by atoms with Gasteiger partial charge in [0.2, 0.25) is 0 Å². The molecule has 0 fully saturated rings. The van der Waals surface area contributed by atoms with Crippen molar-refractivity contribution in [2.75, 3.05) is 13.7 Å². The second-order valence-electron chi connectivity index (χ2n) is 8.28. The van der Waals surface area contributed by atoms with Crippen LogP contribution in [0.15, 0.2) is 77.3 Å². The van der Waals surface area contributed by atoms with Crippen molar-refractivity contribution < 1.29 is 9.53 Å². The molecule has 0 saturated carbocycles. The summed E-state index contributed by atoms with van der Waals surface area (Å²) in [4.78, 5) is 15.4. The van der Waals surface area contributed by atoms with Gasteiger partial charge in [-0.2, -0.15) is 5.10 Å². The largest absolute Gasteiger partial charge is 0.497 e. The van der Waals surface area contributed by atoms with E-state index in [-0.39, 0.29) is 11.9 Å². The fourth-order valence-electron chi connectivity index (χ4n) is 4.39. The molecule has 1 aliphatic rings. The minimum absolute atomic E-state index is 0.0164. The molecule has 2 heterocycles. The van der Waals surface area contributed by atoms with Crippen LogP contribution in [0.4, 0.5) is 0 Å². The van der Waals surface area contributed by atoms with Crippen LogP contribution in [0.3, 0.4) is 0 Å². The molecule has 1 N–H and O–H groups in total. The van der Waals surface area contributed by atoms with Gasteiger partial charge in [0.25, 0.3) is 5.91 Å². The van der Waals surface area contributed by atoms with Gasteiger partial charge in [-0.3, -0.25) is 9.89 Å². The number of hydrogen-bond acceptors (Lipinski definition) is 3. The van der Waals surface area contributed by atoms with Gasteiger partial charge in [0.1, 0.15) is 11.4 Å². The highest BCUT2D eigenvalue weighted by molar-refractivity contribution is 9.10. The fourth-order valence-corrected chi connectivity index (χ4v) is 4.66. The Morgan fingerprint density at radius 1 is 1.00 bits per heavy atom. The lowest BCUT2D eigenvalue weighted by molar-refractivity contribution is 0.0746. The minimum Gasteiger partial charge on any atom is -0.497 e. The number of aryl methyl sites for hydroxylation is 1. The summed E-state index contributed by atoms with van der Waals surface area (Å²) in [7, 11) is 1.66. The van der Waals surface area contributed by atoms with Crippen molar-refractivity contribution in [3.05, 3.63) is 105 Å². The first-order chi connectivity index (χ1) is 16.0. The molecule has 166 valence electrons. The Hall–Kier alpha value is -3.38. The van der Waals surface area contributed by atoms with E-state index in [1.54, 1.807) is 7.11 Å². The third kappa shape index (κ3) is 4.07. The number of carbonyl (C=O) groups excluding carboxylic acids is 1. The van der Waals surface area contributed by atoms with Gasteiger partial charge in [-0.1, -0.05) is 70.0 Å². The molecule has 33 heavy (non-hydrogen) atoms. The van der Waals surface area contributed by atoms with Gasteiger partial charge in [-0.15, -0.1) is 0 Å². The van der Waals surface area contributed by atoms with Crippen LogP contribution in [0.5, 0.6) is 5.75 Å². The van der Waals surface area contributed by atoms with E-state index in [9.17, 15) is 4.79 Å². The molecule has 1 unspecified atom stereocenters. The predicted molar refractivity (Wildman–Crippen MR) is 132 cm³/mol. The zero-order chi connectivity index (χ0) is 22.9. The molecule has 0 aliphatic carbocycles. The summed E-state index contributed by atoms with van der Waals surface area (Å²) in [5, 5.41) is 7.59. The van der Waals surface area contributed by atoms with Crippen molar-refractivity contribution in [1.82, 2.24) is 15.1 Å². The van der Waals surface area contributed by atoms with Gasteiger partial charge in [-0.25, -0.2) is 0 Å². The van der Waals surface area contributed by atoms with Gasteiger partial charge in [-0.05, 0) is 48.7 Å². The van der Waals surface area contributed by atoms with Crippen LogP contribution >= 0.6 is 15.9 Å². The SMILES string of the molecule is COc1ccc(CCN2C(=O)c3[nH]nc(-c4ccc(C)cc4)c3C2c2ccc(Br)cc2)cc1. The molecule has 1 atom stereocenters. The van der Waals surface area contributed by atoms with Crippen molar-refractivity contribution in [3.63, 3.8) is 0 Å². The Morgan fingerprint density at radius 2 is 1.70 bits per heavy atom. The van der Waals surface area contributed by atoms with E-state index < -0.39 is 0 Å². The summed E-state index contributed by atoms with van der Waals surface area (Å²) in [6.45, 7) is 2.66. The molecule has 5 rings (SSSR count). The first kappa shape index (κ1) is 21.5. The Morgan fingerprint density at radius 3 is 2.36 bits per heavy atom. The number of hydrogen-bond donors (Lipinski definition) is 1. The zero-order valence-electron chi connectivity index (χ0n) is 18.5. The van der Waals surface area contributed by atoms with Crippen molar-refractivity contribution in [1.29, 1.82) is 0 Å². The smallest absolute Gasteiger partial charge is 0.273 e. The molecule has 5 nitrogen and oxygen atoms in total.